The van der Waals surface area contributed by atoms with Gasteiger partial charge < -0.3 is 15.3 Å². The first-order valence-electron chi connectivity index (χ1n) is 12.2. The fourth-order valence-electron chi connectivity index (χ4n) is 5.25. The normalized spacial score (nSPS) is 18.8. The van der Waals surface area contributed by atoms with Crippen molar-refractivity contribution in [1.29, 1.82) is 0 Å². The van der Waals surface area contributed by atoms with Crippen LogP contribution in [0.2, 0.25) is 0 Å². The van der Waals surface area contributed by atoms with Crippen LogP contribution < -0.4 is 10.2 Å². The van der Waals surface area contributed by atoms with Gasteiger partial charge in [-0.25, -0.2) is 9.97 Å². The zero-order chi connectivity index (χ0) is 22.8. The van der Waals surface area contributed by atoms with Gasteiger partial charge in [-0.15, -0.1) is 0 Å². The maximum Gasteiger partial charge on any atom is 0.220 e. The molecule has 1 aliphatic carbocycles. The first-order valence-corrected chi connectivity index (χ1v) is 12.2. The third-order valence-electron chi connectivity index (χ3n) is 7.08. The molecule has 2 fully saturated rings. The Hall–Kier alpha value is -3.15. The van der Waals surface area contributed by atoms with Crippen LogP contribution in [0, 0.1) is 12.8 Å². The second kappa shape index (κ2) is 9.38. The molecule has 2 heterocycles. The second-order valence-electron chi connectivity index (χ2n) is 9.60. The Bertz CT molecular complexity index is 1160. The molecule has 0 bridgehead atoms. The third kappa shape index (κ3) is 4.80. The predicted octanol–water partition coefficient (Wildman–Crippen LogP) is 4.98. The minimum absolute atomic E-state index is 0.130. The first kappa shape index (κ1) is 21.7. The molecule has 1 saturated carbocycles. The van der Waals surface area contributed by atoms with E-state index in [4.69, 9.17) is 9.97 Å². The number of para-hydroxylation sites is 1. The quantitative estimate of drug-likeness (QED) is 0.561. The standard InChI is InChI=1S/C27H32N4O2/c1-18-10-12-21-23(16-18)29-26(22-8-4-5-9-24(22)32)30-27(21)31-15-14-20(17-31)28-25(33)13-11-19-6-2-3-7-19/h4-5,8-10,12,16,19-20,32H,2-3,6-7,11,13-15,17H2,1H3,(H,28,33). The summed E-state index contributed by atoms with van der Waals surface area (Å²) in [6, 6.07) is 13.5. The highest BCUT2D eigenvalue weighted by atomic mass is 16.3. The molecule has 1 atom stereocenters. The molecule has 1 amide bonds. The van der Waals surface area contributed by atoms with Crippen LogP contribution in [0.25, 0.3) is 22.3 Å². The molecule has 3 aromatic rings. The minimum atomic E-state index is 0.130. The summed E-state index contributed by atoms with van der Waals surface area (Å²) in [5.41, 5.74) is 2.62. The lowest BCUT2D eigenvalue weighted by Gasteiger charge is -2.21. The number of amides is 1. The largest absolute Gasteiger partial charge is 0.507 e. The number of anilines is 1. The number of carbonyl (C=O) groups excluding carboxylic acids is 1. The molecule has 0 spiro atoms. The van der Waals surface area contributed by atoms with Crippen molar-refractivity contribution in [3.63, 3.8) is 0 Å². The Kier molecular flexibility index (Phi) is 6.16. The monoisotopic (exact) mass is 444 g/mol. The summed E-state index contributed by atoms with van der Waals surface area (Å²) in [5.74, 6) is 2.46. The van der Waals surface area contributed by atoms with E-state index in [0.717, 1.165) is 54.1 Å². The van der Waals surface area contributed by atoms with E-state index in [1.807, 2.05) is 19.1 Å². The molecule has 1 unspecified atom stereocenters. The highest BCUT2D eigenvalue weighted by Crippen LogP contribution is 2.33. The Balaban J connectivity index is 1.35. The Labute approximate surface area is 195 Å². The van der Waals surface area contributed by atoms with Gasteiger partial charge in [-0.2, -0.15) is 0 Å². The molecule has 6 heteroatoms. The molecular formula is C27H32N4O2. The van der Waals surface area contributed by atoms with Gasteiger partial charge in [0.25, 0.3) is 0 Å². The minimum Gasteiger partial charge on any atom is -0.507 e. The number of fused-ring (bicyclic) bond motifs is 1. The fraction of sp³-hybridized carbons (Fsp3) is 0.444. The highest BCUT2D eigenvalue weighted by molar-refractivity contribution is 5.92. The summed E-state index contributed by atoms with van der Waals surface area (Å²) in [5, 5.41) is 14.6. The van der Waals surface area contributed by atoms with E-state index in [9.17, 15) is 9.90 Å². The number of phenols is 1. The maximum absolute atomic E-state index is 12.5. The Morgan fingerprint density at radius 2 is 1.94 bits per heavy atom. The van der Waals surface area contributed by atoms with Gasteiger partial charge in [-0.05, 0) is 55.5 Å². The Morgan fingerprint density at radius 1 is 1.12 bits per heavy atom. The number of nitrogens with one attached hydrogen (secondary N) is 1. The smallest absolute Gasteiger partial charge is 0.220 e. The molecule has 1 aromatic heterocycles. The summed E-state index contributed by atoms with van der Waals surface area (Å²) < 4.78 is 0. The van der Waals surface area contributed by atoms with Crippen molar-refractivity contribution in [2.75, 3.05) is 18.0 Å². The third-order valence-corrected chi connectivity index (χ3v) is 7.08. The average Bonchev–Trinajstić information content (AvgIpc) is 3.49. The van der Waals surface area contributed by atoms with Gasteiger partial charge in [-0.1, -0.05) is 43.9 Å². The van der Waals surface area contributed by atoms with Gasteiger partial charge in [0.1, 0.15) is 11.6 Å². The van der Waals surface area contributed by atoms with Crippen LogP contribution in [0.4, 0.5) is 5.82 Å². The summed E-state index contributed by atoms with van der Waals surface area (Å²) in [6.07, 6.45) is 7.75. The number of carbonyl (C=O) groups is 1. The molecule has 33 heavy (non-hydrogen) atoms. The molecule has 172 valence electrons. The van der Waals surface area contributed by atoms with Crippen molar-refractivity contribution >= 4 is 22.6 Å². The lowest BCUT2D eigenvalue weighted by molar-refractivity contribution is -0.121. The summed E-state index contributed by atoms with van der Waals surface area (Å²) >= 11 is 0. The van der Waals surface area contributed by atoms with Crippen molar-refractivity contribution in [1.82, 2.24) is 15.3 Å². The number of aromatic hydroxyl groups is 1. The fourth-order valence-corrected chi connectivity index (χ4v) is 5.25. The second-order valence-corrected chi connectivity index (χ2v) is 9.60. The van der Waals surface area contributed by atoms with Crippen LogP contribution in [-0.2, 0) is 4.79 Å². The number of aromatic nitrogens is 2. The van der Waals surface area contributed by atoms with Crippen LogP contribution in [0.5, 0.6) is 5.75 Å². The lowest BCUT2D eigenvalue weighted by Crippen LogP contribution is -2.37. The number of nitrogens with zero attached hydrogens (tertiary/aromatic N) is 3. The Morgan fingerprint density at radius 3 is 2.76 bits per heavy atom. The maximum atomic E-state index is 12.5. The molecule has 2 N–H and O–H groups in total. The van der Waals surface area contributed by atoms with Gasteiger partial charge in [0.15, 0.2) is 5.82 Å². The van der Waals surface area contributed by atoms with Gasteiger partial charge in [-0.3, -0.25) is 4.79 Å². The van der Waals surface area contributed by atoms with Gasteiger partial charge in [0.2, 0.25) is 5.91 Å². The lowest BCUT2D eigenvalue weighted by atomic mass is 10.0. The highest BCUT2D eigenvalue weighted by Gasteiger charge is 2.27. The molecule has 1 aliphatic heterocycles. The number of rotatable bonds is 6. The van der Waals surface area contributed by atoms with Crippen LogP contribution in [-0.4, -0.2) is 40.1 Å². The average molecular weight is 445 g/mol. The van der Waals surface area contributed by atoms with Crippen LogP contribution in [0.1, 0.15) is 50.5 Å². The van der Waals surface area contributed by atoms with Crippen LogP contribution in [0.3, 0.4) is 0 Å². The van der Waals surface area contributed by atoms with Crippen molar-refractivity contribution in [3.8, 4) is 17.1 Å². The number of benzene rings is 2. The molecular weight excluding hydrogens is 412 g/mol. The van der Waals surface area contributed by atoms with E-state index in [0.29, 0.717) is 17.8 Å². The van der Waals surface area contributed by atoms with Gasteiger partial charge in [0.05, 0.1) is 11.1 Å². The van der Waals surface area contributed by atoms with E-state index in [1.54, 1.807) is 12.1 Å². The van der Waals surface area contributed by atoms with Crippen molar-refractivity contribution < 1.29 is 9.90 Å². The predicted molar refractivity (Wildman–Crippen MR) is 131 cm³/mol. The SMILES string of the molecule is Cc1ccc2c(N3CCC(NC(=O)CCC4CCCC4)C3)nc(-c3ccccc3O)nc2c1. The summed E-state index contributed by atoms with van der Waals surface area (Å²) in [6.45, 7) is 3.61. The van der Waals surface area contributed by atoms with E-state index in [2.05, 4.69) is 28.4 Å². The van der Waals surface area contributed by atoms with Crippen LogP contribution in [0.15, 0.2) is 42.5 Å². The number of aryl methyl sites for hydroxylation is 1. The molecule has 2 aromatic carbocycles. The van der Waals surface area contributed by atoms with E-state index < -0.39 is 0 Å². The number of phenolic OH excluding ortho intramolecular Hbond substituents is 1. The van der Waals surface area contributed by atoms with Gasteiger partial charge in [0, 0.05) is 30.9 Å². The number of hydrogen-bond acceptors (Lipinski definition) is 5. The molecule has 5 rings (SSSR count). The van der Waals surface area contributed by atoms with E-state index >= 15 is 0 Å². The molecule has 1 saturated heterocycles. The summed E-state index contributed by atoms with van der Waals surface area (Å²) in [4.78, 5) is 24.4. The van der Waals surface area contributed by atoms with E-state index in [-0.39, 0.29) is 17.7 Å². The van der Waals surface area contributed by atoms with Crippen molar-refractivity contribution in [2.24, 2.45) is 5.92 Å². The molecule has 6 nitrogen and oxygen atoms in total. The summed E-state index contributed by atoms with van der Waals surface area (Å²) in [7, 11) is 0. The number of hydrogen-bond donors (Lipinski definition) is 2. The zero-order valence-electron chi connectivity index (χ0n) is 19.3. The molecule has 2 aliphatic rings. The first-order chi connectivity index (χ1) is 16.1. The van der Waals surface area contributed by atoms with Crippen LogP contribution >= 0.6 is 0 Å². The van der Waals surface area contributed by atoms with Crippen molar-refractivity contribution in [3.05, 3.63) is 48.0 Å². The topological polar surface area (TPSA) is 78.4 Å². The van der Waals surface area contributed by atoms with E-state index in [1.165, 1.54) is 25.7 Å². The van der Waals surface area contributed by atoms with Gasteiger partial charge >= 0.3 is 0 Å². The van der Waals surface area contributed by atoms with Crippen molar-refractivity contribution in [2.45, 2.75) is 57.9 Å². The zero-order valence-corrected chi connectivity index (χ0v) is 19.3. The molecule has 0 radical (unpaired) electrons.